The van der Waals surface area contributed by atoms with Gasteiger partial charge in [0.2, 0.25) is 22.7 Å². The first-order valence-electron chi connectivity index (χ1n) is 7.47. The molecule has 1 atom stereocenters. The van der Waals surface area contributed by atoms with Gasteiger partial charge in [-0.25, -0.2) is 8.42 Å². The lowest BCUT2D eigenvalue weighted by atomic mass is 10.2. The van der Waals surface area contributed by atoms with Crippen LogP contribution in [0.3, 0.4) is 0 Å². The number of hydrogen-bond acceptors (Lipinski definition) is 5. The third kappa shape index (κ3) is 4.59. The maximum Gasteiger partial charge on any atom is 0.231 e. The molecule has 0 spiro atoms. The van der Waals surface area contributed by atoms with E-state index in [9.17, 15) is 13.2 Å². The molecule has 0 fully saturated rings. The van der Waals surface area contributed by atoms with E-state index in [0.29, 0.717) is 23.6 Å². The maximum atomic E-state index is 12.1. The number of ether oxygens (including phenoxy) is 2. The summed E-state index contributed by atoms with van der Waals surface area (Å²) in [6, 6.07) is 4.99. The third-order valence-corrected chi connectivity index (χ3v) is 5.12. The molecule has 0 saturated carbocycles. The number of nitrogens with one attached hydrogen (secondary N) is 1. The van der Waals surface area contributed by atoms with E-state index in [4.69, 9.17) is 9.47 Å². The molecular formula is C15H22N2O5S. The van der Waals surface area contributed by atoms with Crippen LogP contribution in [-0.2, 0) is 14.8 Å². The van der Waals surface area contributed by atoms with Crippen molar-refractivity contribution in [2.24, 2.45) is 0 Å². The zero-order chi connectivity index (χ0) is 17.0. The van der Waals surface area contributed by atoms with E-state index >= 15 is 0 Å². The van der Waals surface area contributed by atoms with Gasteiger partial charge in [0.05, 0.1) is 6.26 Å². The number of carbonyl (C=O) groups excluding carboxylic acids is 1. The van der Waals surface area contributed by atoms with Gasteiger partial charge in [-0.1, -0.05) is 6.92 Å². The standard InChI is InChI=1S/C15H22N2O5S/c1-4-11(2)17(23(3,19)20)8-7-15(18)16-12-5-6-13-14(9-12)22-10-21-13/h5-6,9,11H,4,7-8,10H2,1-3H3,(H,16,18). The number of fused-ring (bicyclic) bond motifs is 1. The van der Waals surface area contributed by atoms with Crippen LogP contribution in [0.4, 0.5) is 5.69 Å². The minimum Gasteiger partial charge on any atom is -0.454 e. The van der Waals surface area contributed by atoms with Crippen molar-refractivity contribution in [3.63, 3.8) is 0 Å². The zero-order valence-corrected chi connectivity index (χ0v) is 14.4. The topological polar surface area (TPSA) is 84.9 Å². The molecule has 2 rings (SSSR count). The zero-order valence-electron chi connectivity index (χ0n) is 13.5. The first-order valence-corrected chi connectivity index (χ1v) is 9.32. The van der Waals surface area contributed by atoms with Crippen LogP contribution in [0.2, 0.25) is 0 Å². The molecule has 23 heavy (non-hydrogen) atoms. The van der Waals surface area contributed by atoms with Crippen molar-refractivity contribution < 1.29 is 22.7 Å². The van der Waals surface area contributed by atoms with Gasteiger partial charge in [-0.2, -0.15) is 4.31 Å². The molecule has 0 saturated heterocycles. The van der Waals surface area contributed by atoms with Crippen molar-refractivity contribution in [2.75, 3.05) is 24.9 Å². The highest BCUT2D eigenvalue weighted by molar-refractivity contribution is 7.88. The minimum atomic E-state index is -3.34. The quantitative estimate of drug-likeness (QED) is 0.817. The molecule has 0 radical (unpaired) electrons. The molecule has 0 aromatic heterocycles. The van der Waals surface area contributed by atoms with E-state index in [-0.39, 0.29) is 31.7 Å². The summed E-state index contributed by atoms with van der Waals surface area (Å²) in [6.45, 7) is 4.07. The summed E-state index contributed by atoms with van der Waals surface area (Å²) in [5.41, 5.74) is 0.591. The van der Waals surface area contributed by atoms with Crippen molar-refractivity contribution in [2.45, 2.75) is 32.7 Å². The number of amides is 1. The minimum absolute atomic E-state index is 0.0891. The van der Waals surface area contributed by atoms with E-state index in [1.54, 1.807) is 18.2 Å². The fraction of sp³-hybridized carbons (Fsp3) is 0.533. The van der Waals surface area contributed by atoms with Crippen molar-refractivity contribution in [3.8, 4) is 11.5 Å². The Balaban J connectivity index is 1.94. The van der Waals surface area contributed by atoms with Gasteiger partial charge in [-0.15, -0.1) is 0 Å². The molecule has 1 amide bonds. The molecule has 1 unspecified atom stereocenters. The molecule has 7 nitrogen and oxygen atoms in total. The second-order valence-electron chi connectivity index (χ2n) is 5.50. The van der Waals surface area contributed by atoms with Crippen LogP contribution in [0.1, 0.15) is 26.7 Å². The summed E-state index contributed by atoms with van der Waals surface area (Å²) in [5, 5.41) is 2.74. The lowest BCUT2D eigenvalue weighted by Gasteiger charge is -2.25. The van der Waals surface area contributed by atoms with Crippen molar-refractivity contribution in [1.82, 2.24) is 4.31 Å². The van der Waals surface area contributed by atoms with E-state index in [1.165, 1.54) is 4.31 Å². The summed E-state index contributed by atoms with van der Waals surface area (Å²) in [6.07, 6.45) is 1.94. The average Bonchev–Trinajstić information content (AvgIpc) is 2.93. The number of carbonyl (C=O) groups is 1. The molecule has 8 heteroatoms. The Morgan fingerprint density at radius 1 is 1.35 bits per heavy atom. The van der Waals surface area contributed by atoms with E-state index < -0.39 is 10.0 Å². The van der Waals surface area contributed by atoms with Gasteiger partial charge in [0.25, 0.3) is 0 Å². The number of sulfonamides is 1. The number of anilines is 1. The van der Waals surface area contributed by atoms with Gasteiger partial charge in [-0.3, -0.25) is 4.79 Å². The molecule has 1 heterocycles. The fourth-order valence-electron chi connectivity index (χ4n) is 2.33. The van der Waals surface area contributed by atoms with Gasteiger partial charge < -0.3 is 14.8 Å². The van der Waals surface area contributed by atoms with Crippen LogP contribution in [0.5, 0.6) is 11.5 Å². The largest absolute Gasteiger partial charge is 0.454 e. The van der Waals surface area contributed by atoms with Gasteiger partial charge in [0, 0.05) is 30.8 Å². The second kappa shape index (κ2) is 7.18. The molecule has 1 aromatic rings. The summed E-state index contributed by atoms with van der Waals surface area (Å²) >= 11 is 0. The third-order valence-electron chi connectivity index (χ3n) is 3.72. The summed E-state index contributed by atoms with van der Waals surface area (Å²) in [7, 11) is -3.34. The number of benzene rings is 1. The van der Waals surface area contributed by atoms with E-state index in [1.807, 2.05) is 13.8 Å². The SMILES string of the molecule is CCC(C)N(CCC(=O)Nc1ccc2c(c1)OCO2)S(C)(=O)=O. The van der Waals surface area contributed by atoms with Crippen molar-refractivity contribution in [3.05, 3.63) is 18.2 Å². The summed E-state index contributed by atoms with van der Waals surface area (Å²) in [4.78, 5) is 12.1. The van der Waals surface area contributed by atoms with Crippen LogP contribution in [-0.4, -0.2) is 44.3 Å². The van der Waals surface area contributed by atoms with Crippen LogP contribution in [0.15, 0.2) is 18.2 Å². The lowest BCUT2D eigenvalue weighted by molar-refractivity contribution is -0.116. The number of hydrogen-bond donors (Lipinski definition) is 1. The predicted octanol–water partition coefficient (Wildman–Crippen LogP) is 1.80. The highest BCUT2D eigenvalue weighted by Crippen LogP contribution is 2.34. The van der Waals surface area contributed by atoms with Crippen LogP contribution >= 0.6 is 0 Å². The van der Waals surface area contributed by atoms with Gasteiger partial charge in [0.15, 0.2) is 11.5 Å². The molecule has 128 valence electrons. The van der Waals surface area contributed by atoms with Crippen LogP contribution in [0.25, 0.3) is 0 Å². The fourth-order valence-corrected chi connectivity index (χ4v) is 3.55. The van der Waals surface area contributed by atoms with Crippen LogP contribution < -0.4 is 14.8 Å². The monoisotopic (exact) mass is 342 g/mol. The smallest absolute Gasteiger partial charge is 0.231 e. The van der Waals surface area contributed by atoms with Crippen molar-refractivity contribution in [1.29, 1.82) is 0 Å². The molecule has 1 aliphatic heterocycles. The van der Waals surface area contributed by atoms with Gasteiger partial charge >= 0.3 is 0 Å². The first-order chi connectivity index (χ1) is 10.8. The maximum absolute atomic E-state index is 12.1. The molecule has 0 bridgehead atoms. The summed E-state index contributed by atoms with van der Waals surface area (Å²) < 4.78 is 35.4. The molecule has 1 aromatic carbocycles. The Labute approximate surface area is 136 Å². The Morgan fingerprint density at radius 3 is 2.70 bits per heavy atom. The average molecular weight is 342 g/mol. The number of rotatable bonds is 7. The highest BCUT2D eigenvalue weighted by atomic mass is 32.2. The van der Waals surface area contributed by atoms with Gasteiger partial charge in [-0.05, 0) is 25.5 Å². The molecular weight excluding hydrogens is 320 g/mol. The lowest BCUT2D eigenvalue weighted by Crippen LogP contribution is -2.39. The normalized spacial score (nSPS) is 14.8. The van der Waals surface area contributed by atoms with E-state index in [0.717, 1.165) is 6.26 Å². The Kier molecular flexibility index (Phi) is 5.48. The Bertz CT molecular complexity index is 674. The van der Waals surface area contributed by atoms with E-state index in [2.05, 4.69) is 5.32 Å². The number of nitrogens with zero attached hydrogens (tertiary/aromatic N) is 1. The Hall–Kier alpha value is -1.80. The molecule has 1 aliphatic rings. The summed E-state index contributed by atoms with van der Waals surface area (Å²) in [5.74, 6) is 0.976. The highest BCUT2D eigenvalue weighted by Gasteiger charge is 2.23. The molecule has 0 aliphatic carbocycles. The molecule has 1 N–H and O–H groups in total. The second-order valence-corrected chi connectivity index (χ2v) is 7.43. The van der Waals surface area contributed by atoms with Crippen LogP contribution in [0, 0.1) is 0 Å². The van der Waals surface area contributed by atoms with Crippen molar-refractivity contribution >= 4 is 21.6 Å². The van der Waals surface area contributed by atoms with Gasteiger partial charge in [0.1, 0.15) is 0 Å². The Morgan fingerprint density at radius 2 is 2.04 bits per heavy atom. The predicted molar refractivity (Wildman–Crippen MR) is 87.1 cm³/mol. The first kappa shape index (κ1) is 17.6.